The Morgan fingerprint density at radius 3 is 2.74 bits per heavy atom. The van der Waals surface area contributed by atoms with Gasteiger partial charge in [0.25, 0.3) is 0 Å². The van der Waals surface area contributed by atoms with Crippen molar-refractivity contribution in [2.75, 3.05) is 23.5 Å². The molecule has 0 bridgehead atoms. The van der Waals surface area contributed by atoms with Gasteiger partial charge in [0.15, 0.2) is 0 Å². The maximum Gasteiger partial charge on any atom is 0.337 e. The lowest BCUT2D eigenvalue weighted by Crippen LogP contribution is -2.18. The second-order valence-electron chi connectivity index (χ2n) is 3.65. The monoisotopic (exact) mass is 309 g/mol. The van der Waals surface area contributed by atoms with Gasteiger partial charge in [-0.2, -0.15) is 0 Å². The van der Waals surface area contributed by atoms with Gasteiger partial charge in [0.05, 0.1) is 24.1 Å². The van der Waals surface area contributed by atoms with E-state index in [9.17, 15) is 17.6 Å². The molecule has 0 unspecified atom stereocenters. The fraction of sp³-hybridized carbons (Fsp3) is 0.364. The molecule has 0 aliphatic carbocycles. The van der Waals surface area contributed by atoms with Crippen molar-refractivity contribution in [3.05, 3.63) is 29.6 Å². The van der Waals surface area contributed by atoms with Crippen LogP contribution in [0.1, 0.15) is 16.8 Å². The van der Waals surface area contributed by atoms with Crippen LogP contribution in [-0.4, -0.2) is 33.1 Å². The first-order valence-electron chi connectivity index (χ1n) is 5.34. The van der Waals surface area contributed by atoms with Gasteiger partial charge in [-0.1, -0.05) is 0 Å². The first-order valence-corrected chi connectivity index (χ1v) is 7.52. The van der Waals surface area contributed by atoms with Crippen molar-refractivity contribution in [3.63, 3.8) is 0 Å². The molecule has 0 spiro atoms. The van der Waals surface area contributed by atoms with E-state index in [1.165, 1.54) is 13.2 Å². The molecule has 0 saturated carbocycles. The lowest BCUT2D eigenvalue weighted by molar-refractivity contribution is 0.0600. The van der Waals surface area contributed by atoms with E-state index in [0.29, 0.717) is 0 Å². The highest BCUT2D eigenvalue weighted by atomic mass is 35.5. The number of carbonyl (C=O) groups is 1. The Morgan fingerprint density at radius 2 is 2.16 bits per heavy atom. The molecular weight excluding hydrogens is 297 g/mol. The van der Waals surface area contributed by atoms with Crippen LogP contribution in [0.3, 0.4) is 0 Å². The van der Waals surface area contributed by atoms with Crippen LogP contribution in [0.4, 0.5) is 10.1 Å². The SMILES string of the molecule is COC(=O)c1ccc(F)c(NS(=O)(=O)CCCCl)c1. The first-order chi connectivity index (χ1) is 8.89. The van der Waals surface area contributed by atoms with E-state index in [-0.39, 0.29) is 29.3 Å². The molecule has 0 heterocycles. The third-order valence-corrected chi connectivity index (χ3v) is 3.82. The van der Waals surface area contributed by atoms with Crippen LogP contribution < -0.4 is 4.72 Å². The Labute approximate surface area is 115 Å². The summed E-state index contributed by atoms with van der Waals surface area (Å²) < 4.78 is 43.2. The highest BCUT2D eigenvalue weighted by molar-refractivity contribution is 7.92. The fourth-order valence-corrected chi connectivity index (χ4v) is 2.72. The summed E-state index contributed by atoms with van der Waals surface area (Å²) >= 11 is 5.40. The summed E-state index contributed by atoms with van der Waals surface area (Å²) in [5, 5.41) is 0. The standard InChI is InChI=1S/C11H13ClFNO4S/c1-18-11(15)8-3-4-9(13)10(7-8)14-19(16,17)6-2-5-12/h3-4,7,14H,2,5-6H2,1H3. The highest BCUT2D eigenvalue weighted by Gasteiger charge is 2.15. The number of esters is 1. The van der Waals surface area contributed by atoms with Crippen LogP contribution in [0.15, 0.2) is 18.2 Å². The van der Waals surface area contributed by atoms with Crippen LogP contribution in [0.25, 0.3) is 0 Å². The van der Waals surface area contributed by atoms with Gasteiger partial charge in [-0.15, -0.1) is 11.6 Å². The highest BCUT2D eigenvalue weighted by Crippen LogP contribution is 2.18. The largest absolute Gasteiger partial charge is 0.465 e. The van der Waals surface area contributed by atoms with Crippen LogP contribution in [-0.2, 0) is 14.8 Å². The molecule has 0 fully saturated rings. The molecule has 106 valence electrons. The summed E-state index contributed by atoms with van der Waals surface area (Å²) in [6, 6.07) is 3.28. The van der Waals surface area contributed by atoms with Gasteiger partial charge in [0.2, 0.25) is 10.0 Å². The molecule has 1 aromatic carbocycles. The molecule has 0 atom stereocenters. The Balaban J connectivity index is 2.97. The summed E-state index contributed by atoms with van der Waals surface area (Å²) in [5.41, 5.74) is -0.239. The van der Waals surface area contributed by atoms with Crippen molar-refractivity contribution >= 4 is 33.3 Å². The van der Waals surface area contributed by atoms with Gasteiger partial charge in [-0.05, 0) is 24.6 Å². The average molecular weight is 310 g/mol. The zero-order chi connectivity index (χ0) is 14.5. The van der Waals surface area contributed by atoms with Crippen molar-refractivity contribution in [1.82, 2.24) is 0 Å². The van der Waals surface area contributed by atoms with Crippen LogP contribution in [0, 0.1) is 5.82 Å². The predicted molar refractivity (Wildman–Crippen MR) is 70.5 cm³/mol. The topological polar surface area (TPSA) is 72.5 Å². The minimum absolute atomic E-state index is 0.0546. The maximum absolute atomic E-state index is 13.5. The molecule has 0 saturated heterocycles. The minimum Gasteiger partial charge on any atom is -0.465 e. The number of anilines is 1. The zero-order valence-corrected chi connectivity index (χ0v) is 11.7. The smallest absolute Gasteiger partial charge is 0.337 e. The van der Waals surface area contributed by atoms with E-state index >= 15 is 0 Å². The van der Waals surface area contributed by atoms with E-state index in [1.54, 1.807) is 0 Å². The van der Waals surface area contributed by atoms with Gasteiger partial charge in [0, 0.05) is 5.88 Å². The van der Waals surface area contributed by atoms with Crippen molar-refractivity contribution < 1.29 is 22.3 Å². The van der Waals surface area contributed by atoms with E-state index in [2.05, 4.69) is 9.46 Å². The van der Waals surface area contributed by atoms with Gasteiger partial charge in [0.1, 0.15) is 5.82 Å². The summed E-state index contributed by atoms with van der Waals surface area (Å²) in [4.78, 5) is 11.3. The molecule has 1 aromatic rings. The lowest BCUT2D eigenvalue weighted by Gasteiger charge is -2.09. The van der Waals surface area contributed by atoms with Crippen LogP contribution in [0.5, 0.6) is 0 Å². The van der Waals surface area contributed by atoms with Gasteiger partial charge in [-0.3, -0.25) is 4.72 Å². The molecule has 1 rings (SSSR count). The van der Waals surface area contributed by atoms with E-state index < -0.39 is 21.8 Å². The van der Waals surface area contributed by atoms with Gasteiger partial charge >= 0.3 is 5.97 Å². The Kier molecular flexibility index (Phi) is 5.56. The number of sulfonamides is 1. The number of benzene rings is 1. The second-order valence-corrected chi connectivity index (χ2v) is 5.87. The van der Waals surface area contributed by atoms with Crippen molar-refractivity contribution in [1.29, 1.82) is 0 Å². The quantitative estimate of drug-likeness (QED) is 0.644. The Hall–Kier alpha value is -1.34. The van der Waals surface area contributed by atoms with Crippen LogP contribution in [0.2, 0.25) is 0 Å². The number of alkyl halides is 1. The average Bonchev–Trinajstić information content (AvgIpc) is 2.38. The maximum atomic E-state index is 13.5. The molecule has 0 aromatic heterocycles. The van der Waals surface area contributed by atoms with Gasteiger partial charge in [-0.25, -0.2) is 17.6 Å². The number of halogens is 2. The van der Waals surface area contributed by atoms with Crippen molar-refractivity contribution in [2.24, 2.45) is 0 Å². The summed E-state index contributed by atoms with van der Waals surface area (Å²) in [6.45, 7) is 0. The van der Waals surface area contributed by atoms with Crippen LogP contribution >= 0.6 is 11.6 Å². The van der Waals surface area contributed by atoms with E-state index in [4.69, 9.17) is 11.6 Å². The number of methoxy groups -OCH3 is 1. The van der Waals surface area contributed by atoms with Crippen molar-refractivity contribution in [2.45, 2.75) is 6.42 Å². The molecule has 5 nitrogen and oxygen atoms in total. The molecule has 0 aliphatic heterocycles. The first kappa shape index (κ1) is 15.7. The Morgan fingerprint density at radius 1 is 1.47 bits per heavy atom. The molecule has 0 radical (unpaired) electrons. The molecule has 0 aliphatic rings. The number of ether oxygens (including phenoxy) is 1. The predicted octanol–water partition coefficient (Wildman–Crippen LogP) is 1.98. The minimum atomic E-state index is -3.70. The van der Waals surface area contributed by atoms with E-state index in [0.717, 1.165) is 12.1 Å². The molecule has 8 heteroatoms. The normalized spacial score (nSPS) is 11.1. The molecule has 1 N–H and O–H groups in total. The summed E-state index contributed by atoms with van der Waals surface area (Å²) in [7, 11) is -2.52. The lowest BCUT2D eigenvalue weighted by atomic mass is 10.2. The zero-order valence-electron chi connectivity index (χ0n) is 10.2. The molecule has 19 heavy (non-hydrogen) atoms. The van der Waals surface area contributed by atoms with E-state index in [1.807, 2.05) is 0 Å². The third kappa shape index (κ3) is 4.68. The molecule has 0 amide bonds. The molecular formula is C11H13ClFNO4S. The Bertz CT molecular complexity index is 562. The number of hydrogen-bond acceptors (Lipinski definition) is 4. The van der Waals surface area contributed by atoms with Gasteiger partial charge < -0.3 is 4.74 Å². The third-order valence-electron chi connectivity index (χ3n) is 2.20. The fourth-order valence-electron chi connectivity index (χ4n) is 1.31. The number of nitrogens with one attached hydrogen (secondary N) is 1. The number of hydrogen-bond donors (Lipinski definition) is 1. The van der Waals surface area contributed by atoms with Crippen molar-refractivity contribution in [3.8, 4) is 0 Å². The summed E-state index contributed by atoms with van der Waals surface area (Å²) in [5.74, 6) is -1.49. The summed E-state index contributed by atoms with van der Waals surface area (Å²) in [6.07, 6.45) is 0.245. The number of rotatable bonds is 6. The number of carbonyl (C=O) groups excluding carboxylic acids is 1. The second kappa shape index (κ2) is 6.72.